The van der Waals surface area contributed by atoms with Crippen LogP contribution in [0.1, 0.15) is 44.5 Å². The Labute approximate surface area is 743 Å². The summed E-state index contributed by atoms with van der Waals surface area (Å²) in [6, 6.07) is 21.4. The molecule has 720 valence electrons. The van der Waals surface area contributed by atoms with Gasteiger partial charge in [0.15, 0.2) is 100 Å². The minimum Gasteiger partial charge on any atom is -0.207 e. The summed E-state index contributed by atoms with van der Waals surface area (Å²) in [6.45, 7) is 0. The predicted octanol–water partition coefficient (Wildman–Crippen LogP) is 19.7. The Balaban J connectivity index is 0.000000323. The Bertz CT molecular complexity index is 5520. The van der Waals surface area contributed by atoms with Crippen LogP contribution in [0.2, 0.25) is 0 Å². The van der Waals surface area contributed by atoms with Crippen LogP contribution in [0.3, 0.4) is 0 Å². The maximum absolute atomic E-state index is 16.2. The molecule has 0 saturated heterocycles. The second kappa shape index (κ2) is 41.9. The summed E-state index contributed by atoms with van der Waals surface area (Å²) in [6.07, 6.45) is -48.4. The molecule has 0 radical (unpaired) electrons. The average molecular weight is 2160 g/mol. The van der Waals surface area contributed by atoms with Crippen LogP contribution >= 0.6 is 0 Å². The first kappa shape index (κ1) is 111. The predicted molar refractivity (Wildman–Crippen MR) is 351 cm³/mol. The molecule has 0 aromatic heterocycles. The van der Waals surface area contributed by atoms with E-state index >= 15 is 140 Å². The molecule has 0 bridgehead atoms. The average Bonchev–Trinajstić information content (AvgIpc) is 0.679. The third kappa shape index (κ3) is 18.4. The first-order valence-corrected chi connectivity index (χ1v) is 35.2. The first-order valence-electron chi connectivity index (χ1n) is 33.1. The van der Waals surface area contributed by atoms with Crippen molar-refractivity contribution in [2.75, 3.05) is 0 Å². The van der Waals surface area contributed by atoms with Crippen LogP contribution in [-0.2, 0) is 0 Å². The molecule has 0 unspecified atom stereocenters. The molecule has 136 heavy (non-hydrogen) atoms. The molecule has 0 aliphatic rings. The first-order chi connectivity index (χ1) is 62.4. The Morgan fingerprint density at radius 2 is 0.228 bits per heavy atom. The van der Waals surface area contributed by atoms with Crippen molar-refractivity contribution in [3.8, 4) is 0 Å². The number of hydrogen-bond donors (Lipinski definition) is 0. The quantitative estimate of drug-likeness (QED) is 0.0348. The van der Waals surface area contributed by atoms with Gasteiger partial charge in [-0.1, -0.05) is 36.4 Å². The van der Waals surface area contributed by atoms with Crippen LogP contribution in [-0.4, -0.2) is 12.3 Å². The molecule has 0 aliphatic heterocycles. The zero-order valence-electron chi connectivity index (χ0n) is 62.5. The van der Waals surface area contributed by atoms with Crippen molar-refractivity contribution in [1.29, 1.82) is 0 Å². The van der Waals surface area contributed by atoms with Crippen LogP contribution in [0.25, 0.3) is 46.6 Å². The molecule has 10 aromatic carbocycles. The topological polar surface area (TPSA) is 0 Å². The zero-order chi connectivity index (χ0) is 103. The molecule has 0 N–H and O–H groups in total. The normalized spacial score (nSPS) is 11.4. The molecule has 0 atom stereocenters. The minimum atomic E-state index is -8.01. The fraction of sp³-hybridized carbons (Fsp3) is 0. The van der Waals surface area contributed by atoms with Gasteiger partial charge in [0.05, 0.1) is 44.5 Å². The summed E-state index contributed by atoms with van der Waals surface area (Å²) in [5.74, 6) is -162. The monoisotopic (exact) mass is 2160 g/mol. The molecular formula is C76H10B2F56INa. The van der Waals surface area contributed by atoms with E-state index in [1.807, 2.05) is 0 Å². The summed E-state index contributed by atoms with van der Waals surface area (Å²) in [5.41, 5.74) is -61.0. The zero-order valence-corrected chi connectivity index (χ0v) is 66.6. The third-order valence-electron chi connectivity index (χ3n) is 18.6. The second-order valence-corrected chi connectivity index (χ2v) is 28.4. The van der Waals surface area contributed by atoms with E-state index in [0.717, 1.165) is 0 Å². The number of benzene rings is 10. The van der Waals surface area contributed by atoms with E-state index < -0.39 is 382 Å². The number of hydrogen-bond acceptors (Lipinski definition) is 0. The van der Waals surface area contributed by atoms with Crippen molar-refractivity contribution in [3.63, 3.8) is 0 Å². The molecule has 10 rings (SSSR count). The minimum absolute atomic E-state index is 0. The maximum atomic E-state index is 16.2. The van der Waals surface area contributed by atoms with Gasteiger partial charge >= 0.3 is 99.4 Å². The van der Waals surface area contributed by atoms with E-state index in [0.29, 0.717) is 0 Å². The molecule has 60 heteroatoms. The second-order valence-electron chi connectivity index (χ2n) is 25.4. The van der Waals surface area contributed by atoms with Crippen molar-refractivity contribution < 1.29 is 297 Å². The van der Waals surface area contributed by atoms with Crippen LogP contribution < -0.4 is 94.5 Å². The van der Waals surface area contributed by atoms with Gasteiger partial charge in [-0.25, -0.2) is 176 Å². The van der Waals surface area contributed by atoms with Crippen LogP contribution in [0.4, 0.5) is 246 Å². The summed E-state index contributed by atoms with van der Waals surface area (Å²) in [5, 5.41) is 0. The SMILES string of the molecule is FC(F)=C(F)c1c(F)c(F)c([B-](c2c(F)c(F)c(C(F)=C(F)F)c(F)c2F)(c2c(F)c(F)c(C(F)=C(F)F)c(F)c2F)c2c(F)c(F)c(C(F)=C(F)F)c(F)c2F)c(F)c1F.FC(F)=C(F)c1c(F)c(F)c([B-](c2c(F)c(F)c(C(F)=C(F)F)c(F)c2F)(c2c(F)c(F)c(C(F)=C(F)F)c(F)c2F)c2c(F)c(F)c(C(F)=C(F)F)c(F)c2F)c(F)c1F.[Na+].c1ccc([I+]c2ccccc2)cc1. The molecular weight excluding hydrogens is 2150 g/mol. The summed E-state index contributed by atoms with van der Waals surface area (Å²) < 4.78 is 832. The van der Waals surface area contributed by atoms with Gasteiger partial charge in [0.1, 0.15) is 105 Å². The number of halogens is 57. The molecule has 0 heterocycles. The van der Waals surface area contributed by atoms with E-state index in [-0.39, 0.29) is 50.8 Å². The smallest absolute Gasteiger partial charge is 0.207 e. The van der Waals surface area contributed by atoms with E-state index in [1.54, 1.807) is 0 Å². The van der Waals surface area contributed by atoms with E-state index in [2.05, 4.69) is 60.7 Å². The summed E-state index contributed by atoms with van der Waals surface area (Å²) in [7, 11) is 0. The molecule has 0 spiro atoms. The van der Waals surface area contributed by atoms with Gasteiger partial charge < -0.3 is 0 Å². The molecule has 0 amide bonds. The standard InChI is InChI=1S/2C32BF28.C12H10I.Na/c2*34-9-1(17(42)29(54)55)10(35)22(47)5(21(9)46)33(6-23(48)11(36)2(12(37)24(6)49)18(43)30(56)57,7-25(50)13(38)3(14(39)26(7)51)19(44)31(58)59)8-27(52)15(40)4(16(41)28(8)53)20(45)32(60)61;1-3-7-11(8-4-1)13-12-9-5-2-6-10-12;/h;;1-10H;/q2*-1;2*+1. The van der Waals surface area contributed by atoms with Gasteiger partial charge in [0.2, 0.25) is 46.6 Å². The fourth-order valence-corrected chi connectivity index (χ4v) is 15.6. The van der Waals surface area contributed by atoms with E-state index in [4.69, 9.17) is 0 Å². The van der Waals surface area contributed by atoms with Crippen molar-refractivity contribution in [2.24, 2.45) is 0 Å². The molecule has 0 aliphatic carbocycles. The third-order valence-corrected chi connectivity index (χ3v) is 21.3. The van der Waals surface area contributed by atoms with E-state index in [9.17, 15) is 105 Å². The Morgan fingerprint density at radius 3 is 0.309 bits per heavy atom. The Kier molecular flexibility index (Phi) is 34.3. The molecule has 0 nitrogen and oxygen atoms in total. The molecule has 10 aromatic rings. The van der Waals surface area contributed by atoms with Crippen LogP contribution in [0.5, 0.6) is 0 Å². The van der Waals surface area contributed by atoms with Gasteiger partial charge in [0.25, 0.3) is 0 Å². The summed E-state index contributed by atoms with van der Waals surface area (Å²) >= 11 is 0.0287. The number of rotatable bonds is 18. The van der Waals surface area contributed by atoms with Crippen molar-refractivity contribution >= 4 is 103 Å². The summed E-state index contributed by atoms with van der Waals surface area (Å²) in [4.78, 5) is 0. The largest absolute Gasteiger partial charge is 1.00 e. The van der Waals surface area contributed by atoms with Gasteiger partial charge in [-0.2, -0.15) is 70.2 Å². The van der Waals surface area contributed by atoms with E-state index in [1.165, 1.54) is 7.14 Å². The van der Waals surface area contributed by atoms with Crippen LogP contribution in [0, 0.1) is 193 Å². The Morgan fingerprint density at radius 1 is 0.140 bits per heavy atom. The van der Waals surface area contributed by atoms with Gasteiger partial charge in [0, 0.05) is 0 Å². The van der Waals surface area contributed by atoms with Gasteiger partial charge in [-0.3, -0.25) is 0 Å². The van der Waals surface area contributed by atoms with Gasteiger partial charge in [-0.05, 0) is 24.3 Å². The Hall–Kier alpha value is -11.9. The van der Waals surface area contributed by atoms with Crippen LogP contribution in [0.15, 0.2) is 109 Å². The molecule has 0 fully saturated rings. The van der Waals surface area contributed by atoms with Crippen molar-refractivity contribution in [2.45, 2.75) is 0 Å². The fourth-order valence-electron chi connectivity index (χ4n) is 13.3. The van der Waals surface area contributed by atoms with Crippen molar-refractivity contribution in [1.82, 2.24) is 0 Å². The van der Waals surface area contributed by atoms with Gasteiger partial charge in [-0.15, -0.1) is 43.7 Å². The maximum Gasteiger partial charge on any atom is 1.00 e. The van der Waals surface area contributed by atoms with Crippen molar-refractivity contribution in [3.05, 3.63) is 347 Å². The molecule has 0 saturated carbocycles.